The molecule has 0 radical (unpaired) electrons. The Hall–Kier alpha value is -2.98. The molecule has 0 heterocycles. The summed E-state index contributed by atoms with van der Waals surface area (Å²) in [5, 5.41) is 3.54. The fourth-order valence-electron chi connectivity index (χ4n) is 3.31. The number of halogens is 2. The van der Waals surface area contributed by atoms with Crippen LogP contribution in [0.5, 0.6) is 17.2 Å². The van der Waals surface area contributed by atoms with Gasteiger partial charge in [-0.25, -0.2) is 8.42 Å². The lowest BCUT2D eigenvalue weighted by Gasteiger charge is -2.19. The highest BCUT2D eigenvalue weighted by Gasteiger charge is 2.23. The number of hydrogen-bond donors (Lipinski definition) is 1. The second-order valence-corrected chi connectivity index (χ2v) is 10.3. The number of ether oxygens (including phenoxy) is 3. The van der Waals surface area contributed by atoms with Gasteiger partial charge in [0.15, 0.2) is 0 Å². The number of hydrogen-bond acceptors (Lipinski definition) is 6. The predicted octanol–water partition coefficient (Wildman–Crippen LogP) is 5.09. The van der Waals surface area contributed by atoms with Crippen molar-refractivity contribution in [1.29, 1.82) is 0 Å². The maximum absolute atomic E-state index is 13.0. The average molecular weight is 539 g/mol. The standard InChI is InChI=1S/C24H24Cl2N2O6S/c1-28(35(30,31)18-8-6-17(25)7-9-18)14-16-11-15(5-10-21(16)32-2)24(29)27-20-13-22(33-3)19(26)12-23(20)34-4/h5-13H,14H2,1-4H3,(H,27,29). The molecule has 0 aliphatic carbocycles. The van der Waals surface area contributed by atoms with E-state index in [4.69, 9.17) is 37.4 Å². The summed E-state index contributed by atoms with van der Waals surface area (Å²) < 4.78 is 43.1. The number of methoxy groups -OCH3 is 3. The van der Waals surface area contributed by atoms with E-state index in [1.807, 2.05) is 0 Å². The summed E-state index contributed by atoms with van der Waals surface area (Å²) in [6.45, 7) is -0.0344. The summed E-state index contributed by atoms with van der Waals surface area (Å²) >= 11 is 12.0. The molecule has 0 spiro atoms. The first-order valence-corrected chi connectivity index (χ1v) is 12.4. The van der Waals surface area contributed by atoms with Crippen molar-refractivity contribution in [2.75, 3.05) is 33.7 Å². The molecule has 3 aromatic carbocycles. The van der Waals surface area contributed by atoms with Crippen LogP contribution in [0.3, 0.4) is 0 Å². The van der Waals surface area contributed by atoms with Gasteiger partial charge in [0.1, 0.15) is 17.2 Å². The number of rotatable bonds is 9. The molecule has 0 unspecified atom stereocenters. The number of benzene rings is 3. The Morgan fingerprint density at radius 1 is 0.886 bits per heavy atom. The highest BCUT2D eigenvalue weighted by Crippen LogP contribution is 2.36. The van der Waals surface area contributed by atoms with E-state index >= 15 is 0 Å². The van der Waals surface area contributed by atoms with E-state index in [1.54, 1.807) is 24.3 Å². The molecule has 0 bridgehead atoms. The lowest BCUT2D eigenvalue weighted by atomic mass is 10.1. The van der Waals surface area contributed by atoms with Crippen LogP contribution in [0, 0.1) is 0 Å². The Morgan fingerprint density at radius 3 is 2.11 bits per heavy atom. The van der Waals surface area contributed by atoms with E-state index in [2.05, 4.69) is 5.32 Å². The highest BCUT2D eigenvalue weighted by atomic mass is 35.5. The Kier molecular flexibility index (Phi) is 8.50. The number of anilines is 1. The number of nitrogens with zero attached hydrogens (tertiary/aromatic N) is 1. The van der Waals surface area contributed by atoms with Gasteiger partial charge in [-0.1, -0.05) is 23.2 Å². The third-order valence-electron chi connectivity index (χ3n) is 5.18. The van der Waals surface area contributed by atoms with Crippen LogP contribution >= 0.6 is 23.2 Å². The lowest BCUT2D eigenvalue weighted by molar-refractivity contribution is 0.102. The molecule has 0 aromatic heterocycles. The zero-order valence-electron chi connectivity index (χ0n) is 19.5. The predicted molar refractivity (Wildman–Crippen MR) is 136 cm³/mol. The zero-order chi connectivity index (χ0) is 25.8. The number of amides is 1. The molecular formula is C24H24Cl2N2O6S. The summed E-state index contributed by atoms with van der Waals surface area (Å²) in [4.78, 5) is 13.1. The number of carbonyl (C=O) groups excluding carboxylic acids is 1. The maximum Gasteiger partial charge on any atom is 0.255 e. The lowest BCUT2D eigenvalue weighted by Crippen LogP contribution is -2.27. The largest absolute Gasteiger partial charge is 0.496 e. The van der Waals surface area contributed by atoms with E-state index in [0.717, 1.165) is 0 Å². The molecule has 0 atom stereocenters. The van der Waals surface area contributed by atoms with Gasteiger partial charge in [-0.2, -0.15) is 4.31 Å². The number of carbonyl (C=O) groups is 1. The fourth-order valence-corrected chi connectivity index (χ4v) is 4.81. The van der Waals surface area contributed by atoms with Gasteiger partial charge in [0.2, 0.25) is 10.0 Å². The van der Waals surface area contributed by atoms with E-state index in [0.29, 0.717) is 38.5 Å². The molecule has 11 heteroatoms. The highest BCUT2D eigenvalue weighted by molar-refractivity contribution is 7.89. The third-order valence-corrected chi connectivity index (χ3v) is 7.54. The molecule has 0 saturated heterocycles. The van der Waals surface area contributed by atoms with Gasteiger partial charge in [-0.05, 0) is 42.5 Å². The summed E-state index contributed by atoms with van der Waals surface area (Å²) in [6, 6.07) is 13.7. The Morgan fingerprint density at radius 2 is 1.51 bits per heavy atom. The average Bonchev–Trinajstić information content (AvgIpc) is 2.84. The van der Waals surface area contributed by atoms with Crippen molar-refractivity contribution in [3.8, 4) is 17.2 Å². The van der Waals surface area contributed by atoms with Gasteiger partial charge in [-0.15, -0.1) is 0 Å². The van der Waals surface area contributed by atoms with Gasteiger partial charge >= 0.3 is 0 Å². The molecule has 186 valence electrons. The third kappa shape index (κ3) is 5.99. The van der Waals surface area contributed by atoms with Gasteiger partial charge in [-0.3, -0.25) is 4.79 Å². The van der Waals surface area contributed by atoms with Crippen LogP contribution in [-0.4, -0.2) is 47.0 Å². The van der Waals surface area contributed by atoms with Crippen molar-refractivity contribution < 1.29 is 27.4 Å². The maximum atomic E-state index is 13.0. The Balaban J connectivity index is 1.89. The number of sulfonamides is 1. The summed E-state index contributed by atoms with van der Waals surface area (Å²) in [5.74, 6) is 0.712. The summed E-state index contributed by atoms with van der Waals surface area (Å²) in [7, 11) is 2.03. The molecule has 0 fully saturated rings. The quantitative estimate of drug-likeness (QED) is 0.407. The first kappa shape index (κ1) is 26.6. The van der Waals surface area contributed by atoms with Crippen molar-refractivity contribution in [1.82, 2.24) is 4.31 Å². The van der Waals surface area contributed by atoms with Crippen LogP contribution in [0.25, 0.3) is 0 Å². The smallest absolute Gasteiger partial charge is 0.255 e. The van der Waals surface area contributed by atoms with Crippen LogP contribution in [0.4, 0.5) is 5.69 Å². The number of nitrogens with one attached hydrogen (secondary N) is 1. The van der Waals surface area contributed by atoms with Crippen LogP contribution in [0.2, 0.25) is 10.0 Å². The monoisotopic (exact) mass is 538 g/mol. The topological polar surface area (TPSA) is 94.2 Å². The van der Waals surface area contributed by atoms with Gasteiger partial charge < -0.3 is 19.5 Å². The zero-order valence-corrected chi connectivity index (χ0v) is 21.8. The summed E-state index contributed by atoms with van der Waals surface area (Å²) in [5.41, 5.74) is 1.15. The van der Waals surface area contributed by atoms with E-state index in [9.17, 15) is 13.2 Å². The molecule has 1 N–H and O–H groups in total. The second-order valence-electron chi connectivity index (χ2n) is 7.38. The molecule has 1 amide bonds. The van der Waals surface area contributed by atoms with Gasteiger partial charge in [0, 0.05) is 41.9 Å². The minimum atomic E-state index is -3.81. The first-order valence-electron chi connectivity index (χ1n) is 10.2. The molecule has 0 aliphatic heterocycles. The van der Waals surface area contributed by atoms with Gasteiger partial charge in [0.25, 0.3) is 5.91 Å². The molecule has 0 saturated carbocycles. The van der Waals surface area contributed by atoms with Crippen molar-refractivity contribution in [2.45, 2.75) is 11.4 Å². The molecule has 8 nitrogen and oxygen atoms in total. The van der Waals surface area contributed by atoms with Crippen molar-refractivity contribution in [3.63, 3.8) is 0 Å². The molecular weight excluding hydrogens is 515 g/mol. The molecule has 3 aromatic rings. The van der Waals surface area contributed by atoms with E-state index in [-0.39, 0.29) is 17.0 Å². The minimum absolute atomic E-state index is 0.0344. The van der Waals surface area contributed by atoms with Gasteiger partial charge in [0.05, 0.1) is 36.9 Å². The molecule has 35 heavy (non-hydrogen) atoms. The van der Waals surface area contributed by atoms with Crippen LogP contribution in [0.15, 0.2) is 59.5 Å². The normalized spacial score (nSPS) is 11.3. The SMILES string of the molecule is COc1cc(NC(=O)c2ccc(OC)c(CN(C)S(=O)(=O)c3ccc(Cl)cc3)c2)c(OC)cc1Cl. The molecule has 3 rings (SSSR count). The molecule has 0 aliphatic rings. The summed E-state index contributed by atoms with van der Waals surface area (Å²) in [6.07, 6.45) is 0. The van der Waals surface area contributed by atoms with Crippen LogP contribution < -0.4 is 19.5 Å². The minimum Gasteiger partial charge on any atom is -0.496 e. The van der Waals surface area contributed by atoms with E-state index in [1.165, 1.54) is 63.0 Å². The Bertz CT molecular complexity index is 1330. The Labute approximate surface area is 214 Å². The van der Waals surface area contributed by atoms with Crippen molar-refractivity contribution in [3.05, 3.63) is 75.8 Å². The van der Waals surface area contributed by atoms with Crippen LogP contribution in [0.1, 0.15) is 15.9 Å². The van der Waals surface area contributed by atoms with Crippen LogP contribution in [-0.2, 0) is 16.6 Å². The first-order chi connectivity index (χ1) is 16.6. The van der Waals surface area contributed by atoms with Crippen molar-refractivity contribution >= 4 is 44.8 Å². The second kappa shape index (κ2) is 11.2. The fraction of sp³-hybridized carbons (Fsp3) is 0.208. The van der Waals surface area contributed by atoms with E-state index < -0.39 is 15.9 Å². The van der Waals surface area contributed by atoms with Crippen molar-refractivity contribution in [2.24, 2.45) is 0 Å².